The van der Waals surface area contributed by atoms with Crippen molar-refractivity contribution in [2.45, 2.75) is 20.8 Å². The van der Waals surface area contributed by atoms with Gasteiger partial charge in [-0.05, 0) is 39.0 Å². The van der Waals surface area contributed by atoms with Crippen LogP contribution in [0.25, 0.3) is 11.8 Å². The van der Waals surface area contributed by atoms with E-state index in [0.717, 1.165) is 22.6 Å². The SMILES string of the molecule is Cc1cc(NC(=O)CN(C)C(=O)/C=C/c2c(C)nn(-c3ccccc3)c2C)no1. The molecule has 2 amide bonds. The molecule has 0 atom stereocenters. The normalized spacial score (nSPS) is 11.0. The summed E-state index contributed by atoms with van der Waals surface area (Å²) in [6, 6.07) is 11.4. The summed E-state index contributed by atoms with van der Waals surface area (Å²) < 4.78 is 6.74. The lowest BCUT2D eigenvalue weighted by Crippen LogP contribution is -2.33. The van der Waals surface area contributed by atoms with Crippen LogP contribution in [0.5, 0.6) is 0 Å². The molecule has 2 aromatic heterocycles. The van der Waals surface area contributed by atoms with Crippen LogP contribution in [-0.2, 0) is 9.59 Å². The van der Waals surface area contributed by atoms with Crippen LogP contribution >= 0.6 is 0 Å². The van der Waals surface area contributed by atoms with Gasteiger partial charge in [0.1, 0.15) is 5.76 Å². The summed E-state index contributed by atoms with van der Waals surface area (Å²) in [7, 11) is 1.56. The van der Waals surface area contributed by atoms with Gasteiger partial charge in [-0.1, -0.05) is 23.4 Å². The van der Waals surface area contributed by atoms with E-state index < -0.39 is 0 Å². The van der Waals surface area contributed by atoms with Crippen LogP contribution in [-0.4, -0.2) is 45.2 Å². The fourth-order valence-corrected chi connectivity index (χ4v) is 2.90. The van der Waals surface area contributed by atoms with Crippen molar-refractivity contribution < 1.29 is 14.1 Å². The highest BCUT2D eigenvalue weighted by Crippen LogP contribution is 2.19. The third-order valence-corrected chi connectivity index (χ3v) is 4.39. The van der Waals surface area contributed by atoms with E-state index in [2.05, 4.69) is 15.6 Å². The second-order valence-corrected chi connectivity index (χ2v) is 6.73. The molecule has 8 nitrogen and oxygen atoms in total. The van der Waals surface area contributed by atoms with E-state index in [1.807, 2.05) is 48.9 Å². The van der Waals surface area contributed by atoms with Crippen LogP contribution in [0.3, 0.4) is 0 Å². The molecule has 0 radical (unpaired) electrons. The van der Waals surface area contributed by atoms with Crippen LogP contribution in [0, 0.1) is 20.8 Å². The van der Waals surface area contributed by atoms with Crippen molar-refractivity contribution in [2.24, 2.45) is 0 Å². The second kappa shape index (κ2) is 8.55. The molecule has 0 bridgehead atoms. The predicted molar refractivity (Wildman–Crippen MR) is 110 cm³/mol. The van der Waals surface area contributed by atoms with Gasteiger partial charge < -0.3 is 14.7 Å². The number of amides is 2. The number of nitrogens with zero attached hydrogens (tertiary/aromatic N) is 4. The van der Waals surface area contributed by atoms with E-state index in [1.165, 1.54) is 11.0 Å². The molecule has 29 heavy (non-hydrogen) atoms. The first-order valence-electron chi connectivity index (χ1n) is 9.13. The zero-order chi connectivity index (χ0) is 21.0. The predicted octanol–water partition coefficient (Wildman–Crippen LogP) is 2.90. The monoisotopic (exact) mass is 393 g/mol. The van der Waals surface area contributed by atoms with E-state index in [4.69, 9.17) is 4.52 Å². The topological polar surface area (TPSA) is 93.3 Å². The van der Waals surface area contributed by atoms with Gasteiger partial charge in [-0.2, -0.15) is 5.10 Å². The number of nitrogens with one attached hydrogen (secondary N) is 1. The Morgan fingerprint density at radius 3 is 2.59 bits per heavy atom. The molecule has 0 saturated carbocycles. The Morgan fingerprint density at radius 1 is 1.21 bits per heavy atom. The summed E-state index contributed by atoms with van der Waals surface area (Å²) in [5, 5.41) is 10.8. The quantitative estimate of drug-likeness (QED) is 0.650. The number of rotatable bonds is 6. The van der Waals surface area contributed by atoms with E-state index in [0.29, 0.717) is 11.6 Å². The zero-order valence-electron chi connectivity index (χ0n) is 16.8. The number of para-hydroxylation sites is 1. The number of carbonyl (C=O) groups is 2. The van der Waals surface area contributed by atoms with Crippen molar-refractivity contribution in [1.29, 1.82) is 0 Å². The molecule has 0 spiro atoms. The van der Waals surface area contributed by atoms with Gasteiger partial charge >= 0.3 is 0 Å². The minimum Gasteiger partial charge on any atom is -0.360 e. The fraction of sp³-hybridized carbons (Fsp3) is 0.238. The van der Waals surface area contributed by atoms with Crippen molar-refractivity contribution in [3.63, 3.8) is 0 Å². The standard InChI is InChI=1S/C21H23N5O3/c1-14-12-19(24-29-14)22-20(27)13-25(4)21(28)11-10-18-15(2)23-26(16(18)3)17-8-6-5-7-9-17/h5-12H,13H2,1-4H3,(H,22,24,27)/b11-10+. The van der Waals surface area contributed by atoms with Crippen LogP contribution in [0.2, 0.25) is 0 Å². The van der Waals surface area contributed by atoms with Gasteiger partial charge in [-0.15, -0.1) is 0 Å². The van der Waals surface area contributed by atoms with E-state index in [9.17, 15) is 9.59 Å². The smallest absolute Gasteiger partial charge is 0.246 e. The van der Waals surface area contributed by atoms with Crippen molar-refractivity contribution in [1.82, 2.24) is 19.8 Å². The van der Waals surface area contributed by atoms with Crippen molar-refractivity contribution in [2.75, 3.05) is 18.9 Å². The average molecular weight is 393 g/mol. The Balaban J connectivity index is 1.65. The first kappa shape index (κ1) is 20.1. The highest BCUT2D eigenvalue weighted by molar-refractivity contribution is 5.97. The van der Waals surface area contributed by atoms with Gasteiger partial charge in [0.2, 0.25) is 11.8 Å². The van der Waals surface area contributed by atoms with Gasteiger partial charge in [0.25, 0.3) is 0 Å². The minimum absolute atomic E-state index is 0.101. The molecule has 0 aliphatic carbocycles. The van der Waals surface area contributed by atoms with Crippen molar-refractivity contribution >= 4 is 23.7 Å². The molecular formula is C21H23N5O3. The molecule has 0 unspecified atom stereocenters. The first-order valence-corrected chi connectivity index (χ1v) is 9.13. The van der Waals surface area contributed by atoms with Crippen molar-refractivity contribution in [3.8, 4) is 5.69 Å². The number of hydrogen-bond donors (Lipinski definition) is 1. The van der Waals surface area contributed by atoms with Crippen LogP contribution < -0.4 is 5.32 Å². The molecule has 150 valence electrons. The maximum Gasteiger partial charge on any atom is 0.246 e. The largest absolute Gasteiger partial charge is 0.360 e. The van der Waals surface area contributed by atoms with E-state index in [1.54, 1.807) is 26.1 Å². The maximum absolute atomic E-state index is 12.4. The van der Waals surface area contributed by atoms with Gasteiger partial charge in [0.15, 0.2) is 5.82 Å². The fourth-order valence-electron chi connectivity index (χ4n) is 2.90. The van der Waals surface area contributed by atoms with Gasteiger partial charge in [-0.25, -0.2) is 4.68 Å². The van der Waals surface area contributed by atoms with Gasteiger partial charge in [0.05, 0.1) is 17.9 Å². The highest BCUT2D eigenvalue weighted by Gasteiger charge is 2.14. The third-order valence-electron chi connectivity index (χ3n) is 4.39. The van der Waals surface area contributed by atoms with Crippen LogP contribution in [0.15, 0.2) is 47.0 Å². The Hall–Kier alpha value is -3.68. The molecule has 2 heterocycles. The number of anilines is 1. The summed E-state index contributed by atoms with van der Waals surface area (Å²) >= 11 is 0. The molecule has 0 saturated heterocycles. The van der Waals surface area contributed by atoms with Crippen molar-refractivity contribution in [3.05, 3.63) is 65.2 Å². The minimum atomic E-state index is -0.355. The summed E-state index contributed by atoms with van der Waals surface area (Å²) in [6.07, 6.45) is 3.18. The summed E-state index contributed by atoms with van der Waals surface area (Å²) in [4.78, 5) is 25.8. The number of hydrogen-bond acceptors (Lipinski definition) is 5. The first-order chi connectivity index (χ1) is 13.8. The summed E-state index contributed by atoms with van der Waals surface area (Å²) in [5.41, 5.74) is 3.57. The third kappa shape index (κ3) is 4.78. The second-order valence-electron chi connectivity index (χ2n) is 6.73. The molecule has 0 fully saturated rings. The number of likely N-dealkylation sites (N-methyl/N-ethyl adjacent to an activating group) is 1. The molecule has 0 aliphatic heterocycles. The molecular weight excluding hydrogens is 370 g/mol. The maximum atomic E-state index is 12.4. The number of benzene rings is 1. The van der Waals surface area contributed by atoms with Gasteiger partial charge in [0, 0.05) is 30.4 Å². The van der Waals surface area contributed by atoms with Crippen LogP contribution in [0.1, 0.15) is 22.7 Å². The molecule has 1 aromatic carbocycles. The number of aromatic nitrogens is 3. The molecule has 3 aromatic rings. The van der Waals surface area contributed by atoms with Gasteiger partial charge in [-0.3, -0.25) is 9.59 Å². The summed E-state index contributed by atoms with van der Waals surface area (Å²) in [6.45, 7) is 5.48. The summed E-state index contributed by atoms with van der Waals surface area (Å²) in [5.74, 6) is 0.271. The number of carbonyl (C=O) groups excluding carboxylic acids is 2. The molecule has 0 aliphatic rings. The lowest BCUT2D eigenvalue weighted by atomic mass is 10.2. The molecule has 1 N–H and O–H groups in total. The Bertz CT molecular complexity index is 1050. The molecule has 3 rings (SSSR count). The Labute approximate surface area is 168 Å². The average Bonchev–Trinajstić information content (AvgIpc) is 3.22. The van der Waals surface area contributed by atoms with E-state index in [-0.39, 0.29) is 18.4 Å². The zero-order valence-corrected chi connectivity index (χ0v) is 16.8. The van der Waals surface area contributed by atoms with E-state index >= 15 is 0 Å². The Morgan fingerprint density at radius 2 is 1.93 bits per heavy atom. The lowest BCUT2D eigenvalue weighted by molar-refractivity contribution is -0.129. The highest BCUT2D eigenvalue weighted by atomic mass is 16.5. The lowest BCUT2D eigenvalue weighted by Gasteiger charge is -2.13. The van der Waals surface area contributed by atoms with Crippen LogP contribution in [0.4, 0.5) is 5.82 Å². The molecule has 8 heteroatoms. The number of aryl methyl sites for hydroxylation is 2. The Kier molecular flexibility index (Phi) is 5.92.